The van der Waals surface area contributed by atoms with Crippen LogP contribution in [0.25, 0.3) is 0 Å². The number of allylic oxidation sites excluding steroid dienone is 1. The van der Waals surface area contributed by atoms with Gasteiger partial charge < -0.3 is 0 Å². The van der Waals surface area contributed by atoms with Gasteiger partial charge in [0.15, 0.2) is 0 Å². The van der Waals surface area contributed by atoms with Gasteiger partial charge in [0.25, 0.3) is 0 Å². The summed E-state index contributed by atoms with van der Waals surface area (Å²) in [6.45, 7) is 8.24. The van der Waals surface area contributed by atoms with E-state index in [4.69, 9.17) is 0 Å². The first kappa shape index (κ1) is 12.4. The smallest absolute Gasteiger partial charge is 0.00721 e. The molecular weight excluding hydrogens is 200 g/mol. The Morgan fingerprint density at radius 3 is 2.53 bits per heavy atom. The number of rotatable bonds is 6. The van der Waals surface area contributed by atoms with Crippen LogP contribution in [0.1, 0.15) is 38.2 Å². The molecule has 0 aliphatic rings. The molecule has 0 N–H and O–H groups in total. The molecule has 0 aliphatic carbocycles. The van der Waals surface area contributed by atoms with Gasteiger partial charge in [0.05, 0.1) is 0 Å². The lowest BCUT2D eigenvalue weighted by Gasteiger charge is -2.09. The van der Waals surface area contributed by atoms with Gasteiger partial charge in [-0.3, -0.25) is 0 Å². The van der Waals surface area contributed by atoms with Gasteiger partial charge in [-0.1, -0.05) is 32.1 Å². The van der Waals surface area contributed by atoms with Gasteiger partial charge in [0.1, 0.15) is 0 Å². The lowest BCUT2D eigenvalue weighted by molar-refractivity contribution is 0.781. The zero-order chi connectivity index (χ0) is 11.1. The standard InChI is InChI=1S/C14H20S/c1-4-6-12(3)13-7-9-14(10-8-13)15-11-5-2/h4,7-10,12H,1,5-6,11H2,2-3H3. The first-order chi connectivity index (χ1) is 7.27. The third-order valence-corrected chi connectivity index (χ3v) is 3.66. The Morgan fingerprint density at radius 1 is 1.33 bits per heavy atom. The molecule has 0 bridgehead atoms. The molecule has 1 rings (SSSR count). The van der Waals surface area contributed by atoms with Gasteiger partial charge >= 0.3 is 0 Å². The van der Waals surface area contributed by atoms with E-state index in [2.05, 4.69) is 44.7 Å². The van der Waals surface area contributed by atoms with Gasteiger partial charge in [-0.05, 0) is 42.2 Å². The lowest BCUT2D eigenvalue weighted by atomic mass is 9.98. The van der Waals surface area contributed by atoms with Gasteiger partial charge in [0, 0.05) is 4.90 Å². The van der Waals surface area contributed by atoms with E-state index in [1.165, 1.54) is 22.6 Å². The fourth-order valence-electron chi connectivity index (χ4n) is 1.50. The van der Waals surface area contributed by atoms with Crippen molar-refractivity contribution < 1.29 is 0 Å². The number of hydrogen-bond donors (Lipinski definition) is 0. The monoisotopic (exact) mass is 220 g/mol. The second-order valence-electron chi connectivity index (χ2n) is 3.84. The van der Waals surface area contributed by atoms with E-state index in [0.717, 1.165) is 6.42 Å². The average Bonchev–Trinajstić information content (AvgIpc) is 2.27. The molecule has 0 radical (unpaired) electrons. The summed E-state index contributed by atoms with van der Waals surface area (Å²) in [7, 11) is 0. The highest BCUT2D eigenvalue weighted by Gasteiger charge is 2.02. The summed E-state index contributed by atoms with van der Waals surface area (Å²) in [5.74, 6) is 1.80. The van der Waals surface area contributed by atoms with Gasteiger partial charge in [-0.2, -0.15) is 0 Å². The van der Waals surface area contributed by atoms with Gasteiger partial charge in [-0.15, -0.1) is 18.3 Å². The Hall–Kier alpha value is -0.690. The number of thioether (sulfide) groups is 1. The summed E-state index contributed by atoms with van der Waals surface area (Å²) < 4.78 is 0. The fourth-order valence-corrected chi connectivity index (χ4v) is 2.27. The van der Waals surface area contributed by atoms with Crippen molar-refractivity contribution in [3.05, 3.63) is 42.5 Å². The number of benzene rings is 1. The zero-order valence-electron chi connectivity index (χ0n) is 9.70. The summed E-state index contributed by atoms with van der Waals surface area (Å²) in [6, 6.07) is 8.95. The van der Waals surface area contributed by atoms with Crippen LogP contribution in [-0.4, -0.2) is 5.75 Å². The summed E-state index contributed by atoms with van der Waals surface area (Å²) >= 11 is 1.93. The minimum absolute atomic E-state index is 0.590. The topological polar surface area (TPSA) is 0 Å². The predicted molar refractivity (Wildman–Crippen MR) is 70.7 cm³/mol. The molecule has 1 heteroatoms. The Labute approximate surface area is 97.8 Å². The van der Waals surface area contributed by atoms with Crippen LogP contribution in [0.3, 0.4) is 0 Å². The van der Waals surface area contributed by atoms with Crippen LogP contribution in [0, 0.1) is 0 Å². The molecule has 0 fully saturated rings. The van der Waals surface area contributed by atoms with Crippen molar-refractivity contribution >= 4 is 11.8 Å². The van der Waals surface area contributed by atoms with Crippen molar-refractivity contribution in [3.63, 3.8) is 0 Å². The van der Waals surface area contributed by atoms with Crippen molar-refractivity contribution in [2.75, 3.05) is 5.75 Å². The van der Waals surface area contributed by atoms with Crippen LogP contribution in [0.5, 0.6) is 0 Å². The highest BCUT2D eigenvalue weighted by Crippen LogP contribution is 2.24. The van der Waals surface area contributed by atoms with E-state index >= 15 is 0 Å². The molecule has 82 valence electrons. The van der Waals surface area contributed by atoms with Crippen LogP contribution >= 0.6 is 11.8 Å². The van der Waals surface area contributed by atoms with E-state index < -0.39 is 0 Å². The minimum atomic E-state index is 0.590. The molecule has 0 aromatic heterocycles. The van der Waals surface area contributed by atoms with Crippen LogP contribution < -0.4 is 0 Å². The molecule has 0 heterocycles. The molecule has 1 unspecified atom stereocenters. The van der Waals surface area contributed by atoms with Crippen molar-refractivity contribution in [3.8, 4) is 0 Å². The van der Waals surface area contributed by atoms with Crippen molar-refractivity contribution in [1.82, 2.24) is 0 Å². The van der Waals surface area contributed by atoms with E-state index in [1.807, 2.05) is 17.8 Å². The van der Waals surface area contributed by atoms with Gasteiger partial charge in [0.2, 0.25) is 0 Å². The molecule has 0 spiro atoms. The van der Waals surface area contributed by atoms with Gasteiger partial charge in [-0.25, -0.2) is 0 Å². The molecular formula is C14H20S. The third kappa shape index (κ3) is 4.13. The third-order valence-electron chi connectivity index (χ3n) is 2.44. The Kier molecular flexibility index (Phi) is 5.56. The maximum absolute atomic E-state index is 3.78. The molecule has 0 amide bonds. The van der Waals surface area contributed by atoms with E-state index in [1.54, 1.807) is 0 Å². The maximum Gasteiger partial charge on any atom is 0.00721 e. The molecule has 1 aromatic rings. The first-order valence-corrected chi connectivity index (χ1v) is 6.60. The van der Waals surface area contributed by atoms with Crippen LogP contribution in [-0.2, 0) is 0 Å². The molecule has 1 atom stereocenters. The Balaban J connectivity index is 2.59. The van der Waals surface area contributed by atoms with Crippen LogP contribution in [0.15, 0.2) is 41.8 Å². The summed E-state index contributed by atoms with van der Waals surface area (Å²) in [5, 5.41) is 0. The predicted octanol–water partition coefficient (Wildman–Crippen LogP) is 4.87. The maximum atomic E-state index is 3.78. The molecule has 0 saturated heterocycles. The highest BCUT2D eigenvalue weighted by atomic mass is 32.2. The first-order valence-electron chi connectivity index (χ1n) is 5.61. The largest absolute Gasteiger partial charge is 0.126 e. The summed E-state index contributed by atoms with van der Waals surface area (Å²) in [5.41, 5.74) is 1.41. The average molecular weight is 220 g/mol. The SMILES string of the molecule is C=CCC(C)c1ccc(SCCC)cc1. The molecule has 0 aliphatic heterocycles. The Morgan fingerprint density at radius 2 is 2.00 bits per heavy atom. The van der Waals surface area contributed by atoms with Crippen molar-refractivity contribution in [1.29, 1.82) is 0 Å². The zero-order valence-corrected chi connectivity index (χ0v) is 10.5. The Bertz CT molecular complexity index is 287. The molecule has 15 heavy (non-hydrogen) atoms. The van der Waals surface area contributed by atoms with Crippen molar-refractivity contribution in [2.24, 2.45) is 0 Å². The fraction of sp³-hybridized carbons (Fsp3) is 0.429. The highest BCUT2D eigenvalue weighted by molar-refractivity contribution is 7.99. The van der Waals surface area contributed by atoms with E-state index in [0.29, 0.717) is 5.92 Å². The van der Waals surface area contributed by atoms with Crippen LogP contribution in [0.2, 0.25) is 0 Å². The normalized spacial score (nSPS) is 12.4. The lowest BCUT2D eigenvalue weighted by Crippen LogP contribution is -1.91. The minimum Gasteiger partial charge on any atom is -0.126 e. The van der Waals surface area contributed by atoms with Crippen LogP contribution in [0.4, 0.5) is 0 Å². The quantitative estimate of drug-likeness (QED) is 0.487. The molecule has 1 aromatic carbocycles. The molecule has 0 saturated carbocycles. The summed E-state index contributed by atoms with van der Waals surface area (Å²) in [6.07, 6.45) is 4.28. The van der Waals surface area contributed by atoms with E-state index in [9.17, 15) is 0 Å². The molecule has 0 nitrogen and oxygen atoms in total. The van der Waals surface area contributed by atoms with Crippen molar-refractivity contribution in [2.45, 2.75) is 37.5 Å². The second kappa shape index (κ2) is 6.73. The summed E-state index contributed by atoms with van der Waals surface area (Å²) in [4.78, 5) is 1.38. The van der Waals surface area contributed by atoms with E-state index in [-0.39, 0.29) is 0 Å². The second-order valence-corrected chi connectivity index (χ2v) is 5.01. The number of hydrogen-bond acceptors (Lipinski definition) is 1.